The molecule has 294 valence electrons. The van der Waals surface area contributed by atoms with Gasteiger partial charge in [0.05, 0.1) is 51.5 Å². The molecule has 7 nitrogen and oxygen atoms in total. The normalized spacial score (nSPS) is 11.8. The van der Waals surface area contributed by atoms with E-state index in [9.17, 15) is 0 Å². The van der Waals surface area contributed by atoms with Gasteiger partial charge in [0.15, 0.2) is 0 Å². The number of para-hydroxylation sites is 2. The van der Waals surface area contributed by atoms with Gasteiger partial charge >= 0.3 is 0 Å². The molecule has 0 fully saturated rings. The number of furan rings is 1. The Hall–Kier alpha value is -8.68. The summed E-state index contributed by atoms with van der Waals surface area (Å²) in [4.78, 5) is 19.7. The van der Waals surface area contributed by atoms with Gasteiger partial charge < -0.3 is 8.98 Å². The van der Waals surface area contributed by atoms with E-state index < -0.39 is 0 Å². The first-order valence-electron chi connectivity index (χ1n) is 21.0. The third-order valence-corrected chi connectivity index (χ3v) is 12.3. The zero-order valence-corrected chi connectivity index (χ0v) is 33.7. The molecule has 0 spiro atoms. The number of nitrogens with zero attached hydrogens (tertiary/aromatic N) is 6. The van der Waals surface area contributed by atoms with Crippen molar-refractivity contribution in [2.75, 3.05) is 0 Å². The van der Waals surface area contributed by atoms with Crippen LogP contribution >= 0.6 is 0 Å². The lowest BCUT2D eigenvalue weighted by atomic mass is 10.0. The molecule has 0 aliphatic heterocycles. The molecule has 0 N–H and O–H groups in total. The summed E-state index contributed by atoms with van der Waals surface area (Å²) in [6.07, 6.45) is 7.41. The van der Waals surface area contributed by atoms with Gasteiger partial charge in [0.25, 0.3) is 0 Å². The monoisotopic (exact) mass is 806 g/mol. The van der Waals surface area contributed by atoms with Crippen molar-refractivity contribution in [3.63, 3.8) is 0 Å². The van der Waals surface area contributed by atoms with Crippen LogP contribution in [0.1, 0.15) is 0 Å². The van der Waals surface area contributed by atoms with E-state index in [1.807, 2.05) is 30.7 Å². The van der Waals surface area contributed by atoms with Gasteiger partial charge in [0.1, 0.15) is 17.0 Å². The Morgan fingerprint density at radius 3 is 1.76 bits per heavy atom. The lowest BCUT2D eigenvalue weighted by molar-refractivity contribution is 0.668. The fraction of sp³-hybridized carbons (Fsp3) is 0. The summed E-state index contributed by atoms with van der Waals surface area (Å²) in [5.41, 5.74) is 14.9. The molecular weight excluding hydrogens is 773 g/mol. The number of pyridine rings is 2. The highest BCUT2D eigenvalue weighted by atomic mass is 16.3. The van der Waals surface area contributed by atoms with Crippen LogP contribution in [0.5, 0.6) is 0 Å². The van der Waals surface area contributed by atoms with Gasteiger partial charge in [-0.25, -0.2) is 4.98 Å². The summed E-state index contributed by atoms with van der Waals surface area (Å²) in [5, 5.41) is 6.66. The number of aromatic nitrogens is 6. The largest absolute Gasteiger partial charge is 0.456 e. The molecule has 0 amide bonds. The van der Waals surface area contributed by atoms with Crippen molar-refractivity contribution in [2.45, 2.75) is 0 Å². The zero-order valence-electron chi connectivity index (χ0n) is 33.7. The molecule has 0 atom stereocenters. The van der Waals surface area contributed by atoms with E-state index in [2.05, 4.69) is 184 Å². The number of rotatable bonds is 6. The fourth-order valence-corrected chi connectivity index (χ4v) is 9.35. The van der Waals surface area contributed by atoms with Crippen LogP contribution in [0.3, 0.4) is 0 Å². The minimum atomic E-state index is 0.802. The first-order valence-corrected chi connectivity index (χ1v) is 21.0. The van der Waals surface area contributed by atoms with Crippen LogP contribution in [0, 0.1) is 0 Å². The van der Waals surface area contributed by atoms with Gasteiger partial charge in [0, 0.05) is 67.1 Å². The summed E-state index contributed by atoms with van der Waals surface area (Å²) in [6.45, 7) is 0. The molecule has 7 aromatic carbocycles. The Morgan fingerprint density at radius 2 is 0.984 bits per heavy atom. The Kier molecular flexibility index (Phi) is 7.77. The average molecular weight is 807 g/mol. The van der Waals surface area contributed by atoms with E-state index in [-0.39, 0.29) is 0 Å². The van der Waals surface area contributed by atoms with Crippen molar-refractivity contribution in [1.82, 2.24) is 29.1 Å². The molecule has 0 saturated heterocycles. The highest BCUT2D eigenvalue weighted by molar-refractivity contribution is 6.12. The lowest BCUT2D eigenvalue weighted by Gasteiger charge is -2.13. The molecule has 7 heteroatoms. The maximum absolute atomic E-state index is 6.15. The van der Waals surface area contributed by atoms with Crippen LogP contribution in [-0.2, 0) is 0 Å². The average Bonchev–Trinajstić information content (AvgIpc) is 4.01. The molecule has 13 rings (SSSR count). The maximum Gasteiger partial charge on any atom is 0.138 e. The fourth-order valence-electron chi connectivity index (χ4n) is 9.35. The number of benzene rings is 7. The van der Waals surface area contributed by atoms with Crippen LogP contribution in [0.15, 0.2) is 211 Å². The topological polar surface area (TPSA) is 74.6 Å². The van der Waals surface area contributed by atoms with Gasteiger partial charge in [-0.05, 0) is 77.9 Å². The van der Waals surface area contributed by atoms with Gasteiger partial charge in [0.2, 0.25) is 0 Å². The highest BCUT2D eigenvalue weighted by Gasteiger charge is 2.19. The van der Waals surface area contributed by atoms with Crippen molar-refractivity contribution in [3.8, 4) is 56.4 Å². The Bertz CT molecular complexity index is 3850. The highest BCUT2D eigenvalue weighted by Crippen LogP contribution is 2.39. The number of fused-ring (bicyclic) bond motifs is 9. The minimum absolute atomic E-state index is 0.802. The van der Waals surface area contributed by atoms with Crippen LogP contribution in [0.25, 0.3) is 122 Å². The van der Waals surface area contributed by atoms with Crippen LogP contribution in [0.2, 0.25) is 0 Å². The molecule has 0 aliphatic carbocycles. The molecule has 0 saturated carbocycles. The summed E-state index contributed by atoms with van der Waals surface area (Å²) >= 11 is 0. The van der Waals surface area contributed by atoms with E-state index in [0.29, 0.717) is 0 Å². The molecule has 0 radical (unpaired) electrons. The molecule has 0 aliphatic rings. The SMILES string of the molecule is c1ccc(-c2cc(-c3ccccc3)nc(-n3c4ccccc4c4cc(-c5cnc(-c6ccc7c8ccccc8n(-c8ccc9oc%10ccncc%10c9c8)c7c6)cn5)ccc43)c2)cc1. The number of hydrogen-bond donors (Lipinski definition) is 0. The van der Waals surface area contributed by atoms with E-state index in [1.165, 1.54) is 10.8 Å². The second-order valence-corrected chi connectivity index (χ2v) is 15.9. The van der Waals surface area contributed by atoms with E-state index in [1.54, 1.807) is 6.20 Å². The minimum Gasteiger partial charge on any atom is -0.456 e. The van der Waals surface area contributed by atoms with Crippen LogP contribution in [-0.4, -0.2) is 29.1 Å². The van der Waals surface area contributed by atoms with Gasteiger partial charge in [-0.1, -0.05) is 115 Å². The molecule has 63 heavy (non-hydrogen) atoms. The predicted octanol–water partition coefficient (Wildman–Crippen LogP) is 14.0. The van der Waals surface area contributed by atoms with Crippen molar-refractivity contribution < 1.29 is 4.42 Å². The predicted molar refractivity (Wildman–Crippen MR) is 255 cm³/mol. The smallest absolute Gasteiger partial charge is 0.138 e. The van der Waals surface area contributed by atoms with Gasteiger partial charge in [-0.3, -0.25) is 19.5 Å². The molecule has 13 aromatic rings. The summed E-state index contributed by atoms with van der Waals surface area (Å²) in [7, 11) is 0. The van der Waals surface area contributed by atoms with Crippen LogP contribution in [0.4, 0.5) is 0 Å². The van der Waals surface area contributed by atoms with Gasteiger partial charge in [-0.2, -0.15) is 0 Å². The molecular formula is C56H34N6O. The zero-order chi connectivity index (χ0) is 41.4. The van der Waals surface area contributed by atoms with E-state index >= 15 is 0 Å². The van der Waals surface area contributed by atoms with Crippen molar-refractivity contribution >= 4 is 65.6 Å². The van der Waals surface area contributed by atoms with Crippen molar-refractivity contribution in [3.05, 3.63) is 207 Å². The maximum atomic E-state index is 6.15. The Morgan fingerprint density at radius 1 is 0.349 bits per heavy atom. The van der Waals surface area contributed by atoms with Crippen molar-refractivity contribution in [2.24, 2.45) is 0 Å². The van der Waals surface area contributed by atoms with E-state index in [4.69, 9.17) is 19.4 Å². The van der Waals surface area contributed by atoms with Crippen molar-refractivity contribution in [1.29, 1.82) is 0 Å². The summed E-state index contributed by atoms with van der Waals surface area (Å²) < 4.78 is 10.8. The summed E-state index contributed by atoms with van der Waals surface area (Å²) in [6, 6.07) is 63.8. The second-order valence-electron chi connectivity index (χ2n) is 15.9. The summed E-state index contributed by atoms with van der Waals surface area (Å²) in [5.74, 6) is 0.863. The second kappa shape index (κ2) is 13.9. The number of hydrogen-bond acceptors (Lipinski definition) is 5. The van der Waals surface area contributed by atoms with E-state index in [0.717, 1.165) is 111 Å². The molecule has 0 unspecified atom stereocenters. The molecule has 6 heterocycles. The standard InChI is InChI=1S/C56H34N6O/c1-3-11-35(12-4-1)39-28-47(36-13-5-2-6-14-36)60-56(30-39)62-51-18-10-8-16-42(51)44-27-37(20-23-52(44)62)48-33-59-49(34-58-48)38-19-22-43-41-15-7-9-17-50(41)61(53(43)29-38)40-21-24-54-45(31-40)46-32-57-26-25-55(46)63-54/h1-34H. The third kappa shape index (κ3) is 5.67. The first-order chi connectivity index (χ1) is 31.2. The Balaban J connectivity index is 0.901. The van der Waals surface area contributed by atoms with Gasteiger partial charge in [-0.15, -0.1) is 0 Å². The first kappa shape index (κ1) is 35.1. The molecule has 6 aromatic heterocycles. The quantitative estimate of drug-likeness (QED) is 0.167. The third-order valence-electron chi connectivity index (χ3n) is 12.3. The Labute approximate surface area is 360 Å². The lowest BCUT2D eigenvalue weighted by Crippen LogP contribution is -2.00. The van der Waals surface area contributed by atoms with Crippen LogP contribution < -0.4 is 0 Å². The molecule has 0 bridgehead atoms.